The van der Waals surface area contributed by atoms with Gasteiger partial charge in [0.2, 0.25) is 11.9 Å². The largest absolute Gasteiger partial charge is 0.353 e. The number of benzene rings is 4. The number of rotatable bonds is 20. The number of aryl methyl sites for hydroxylation is 2. The molecule has 0 amide bonds. The zero-order valence-corrected chi connectivity index (χ0v) is 37.7. The second kappa shape index (κ2) is 20.7. The Morgan fingerprint density at radius 3 is 1.65 bits per heavy atom. The van der Waals surface area contributed by atoms with Gasteiger partial charge in [-0.1, -0.05) is 12.1 Å². The fraction of sp³-hybridized carbons (Fsp3) is 0.243. The summed E-state index contributed by atoms with van der Waals surface area (Å²) in [5.74, 6) is -2.15. The Bertz CT molecular complexity index is 3030. The molecule has 0 saturated carbocycles. The first-order chi connectivity index (χ1) is 30.4. The van der Waals surface area contributed by atoms with Crippen LogP contribution >= 0.6 is 0 Å². The van der Waals surface area contributed by atoms with Crippen LogP contribution in [0.25, 0.3) is 0 Å². The molecule has 0 radical (unpaired) electrons. The first-order valence-corrected chi connectivity index (χ1v) is 24.4. The van der Waals surface area contributed by atoms with Gasteiger partial charge in [0.15, 0.2) is 0 Å². The lowest BCUT2D eigenvalue weighted by Gasteiger charge is -2.13. The molecular formula is C37H39N9O15S4. The standard InChI is InChI=1S/C37H39N9O15S4/c1-22-11-27(43-45-29-14-24(20-62(49,50)51)13-25(15-29)21-63(52,53)54)6-5-26(22)16-34-40-36(38-10-9-35(47)61-48)42-37(41-34)39-33-8-7-28(12-23(33)2)44-46-30-17-31(64(55,56)59-3)19-32(18-30)65(57,58)60-4/h5-8,11-15,17-19,48H,9-10,16,20-21H2,1-4H3,(H,49,50,51)(H,52,53,54)(H2,38,39,40,41,42). The zero-order valence-electron chi connectivity index (χ0n) is 34.5. The maximum absolute atomic E-state index is 12.4. The maximum atomic E-state index is 12.4. The van der Waals surface area contributed by atoms with Crippen molar-refractivity contribution in [3.63, 3.8) is 0 Å². The normalized spacial score (nSPS) is 12.5. The minimum Gasteiger partial charge on any atom is -0.353 e. The topological polar surface area (TPSA) is 354 Å². The Kier molecular flexibility index (Phi) is 15.9. The summed E-state index contributed by atoms with van der Waals surface area (Å²) in [5.41, 5.74) is 3.18. The fourth-order valence-electron chi connectivity index (χ4n) is 5.75. The number of anilines is 3. The van der Waals surface area contributed by atoms with Crippen LogP contribution in [-0.4, -0.2) is 89.7 Å². The summed E-state index contributed by atoms with van der Waals surface area (Å²) < 4.78 is 123. The molecule has 0 aliphatic rings. The van der Waals surface area contributed by atoms with Crippen LogP contribution in [0, 0.1) is 13.8 Å². The Morgan fingerprint density at radius 2 is 1.14 bits per heavy atom. The van der Waals surface area contributed by atoms with Crippen LogP contribution in [0.3, 0.4) is 0 Å². The quantitative estimate of drug-likeness (QED) is 0.0199. The van der Waals surface area contributed by atoms with Gasteiger partial charge >= 0.3 is 5.97 Å². The summed E-state index contributed by atoms with van der Waals surface area (Å²) in [5, 5.41) is 31.1. The highest BCUT2D eigenvalue weighted by Crippen LogP contribution is 2.30. The summed E-state index contributed by atoms with van der Waals surface area (Å²) in [4.78, 5) is 27.7. The lowest BCUT2D eigenvalue weighted by atomic mass is 10.0. The average Bonchev–Trinajstić information content (AvgIpc) is 3.22. The number of nitrogens with one attached hydrogen (secondary N) is 2. The van der Waals surface area contributed by atoms with E-state index in [4.69, 9.17) is 5.26 Å². The minimum absolute atomic E-state index is 0.0138. The van der Waals surface area contributed by atoms with E-state index in [0.29, 0.717) is 28.2 Å². The van der Waals surface area contributed by atoms with Gasteiger partial charge in [0.1, 0.15) is 17.3 Å². The third-order valence-corrected chi connectivity index (χ3v) is 12.6. The number of hydrogen-bond donors (Lipinski definition) is 5. The smallest absolute Gasteiger partial charge is 0.343 e. The molecule has 0 aliphatic carbocycles. The Morgan fingerprint density at radius 1 is 0.631 bits per heavy atom. The molecule has 5 N–H and O–H groups in total. The van der Waals surface area contributed by atoms with Crippen molar-refractivity contribution in [2.45, 2.75) is 48.0 Å². The maximum Gasteiger partial charge on any atom is 0.343 e. The molecule has 5 aromatic rings. The molecule has 0 unspecified atom stereocenters. The van der Waals surface area contributed by atoms with Gasteiger partial charge in [-0.3, -0.25) is 17.5 Å². The number of azo groups is 2. The van der Waals surface area contributed by atoms with Crippen LogP contribution in [0.15, 0.2) is 103 Å². The van der Waals surface area contributed by atoms with Crippen LogP contribution in [0.1, 0.15) is 40.1 Å². The molecule has 1 heterocycles. The van der Waals surface area contributed by atoms with E-state index in [0.717, 1.165) is 38.0 Å². The van der Waals surface area contributed by atoms with E-state index in [1.54, 1.807) is 50.2 Å². The number of hydrogen-bond acceptors (Lipinski definition) is 22. The monoisotopic (exact) mass is 977 g/mol. The van der Waals surface area contributed by atoms with E-state index in [2.05, 4.69) is 59.3 Å². The third-order valence-electron chi connectivity index (χ3n) is 8.71. The average molecular weight is 978 g/mol. The molecule has 1 aromatic heterocycles. The van der Waals surface area contributed by atoms with Crippen molar-refractivity contribution in [2.24, 2.45) is 20.5 Å². The van der Waals surface area contributed by atoms with Gasteiger partial charge in [-0.15, -0.1) is 0 Å². The number of carbonyl (C=O) groups is 1. The van der Waals surface area contributed by atoms with Crippen LogP contribution in [0.5, 0.6) is 0 Å². The van der Waals surface area contributed by atoms with E-state index in [-0.39, 0.29) is 59.6 Å². The third kappa shape index (κ3) is 14.9. The van der Waals surface area contributed by atoms with Crippen molar-refractivity contribution in [1.82, 2.24) is 15.0 Å². The zero-order chi connectivity index (χ0) is 47.7. The van der Waals surface area contributed by atoms with Gasteiger partial charge in [-0.05, 0) is 102 Å². The van der Waals surface area contributed by atoms with E-state index >= 15 is 0 Å². The first-order valence-electron chi connectivity index (χ1n) is 18.4. The summed E-state index contributed by atoms with van der Waals surface area (Å²) in [6.45, 7) is 3.50. The molecule has 0 atom stereocenters. The molecule has 4 aromatic carbocycles. The Hall–Kier alpha value is -6.24. The van der Waals surface area contributed by atoms with Crippen LogP contribution in [-0.2, 0) is 76.4 Å². The van der Waals surface area contributed by atoms with Gasteiger partial charge in [0.05, 0.1) is 53.2 Å². The van der Waals surface area contributed by atoms with Crippen molar-refractivity contribution in [3.05, 3.63) is 106 Å². The molecule has 0 saturated heterocycles. The second-order valence-corrected chi connectivity index (χ2v) is 20.0. The van der Waals surface area contributed by atoms with Crippen LogP contribution in [0.4, 0.5) is 40.3 Å². The molecule has 5 rings (SSSR count). The molecular weight excluding hydrogens is 939 g/mol. The van der Waals surface area contributed by atoms with Crippen molar-refractivity contribution < 1.29 is 66.1 Å². The number of nitrogens with zero attached hydrogens (tertiary/aromatic N) is 7. The molecule has 28 heteroatoms. The van der Waals surface area contributed by atoms with E-state index in [9.17, 15) is 47.6 Å². The minimum atomic E-state index is -4.49. The molecule has 0 aliphatic heterocycles. The molecule has 65 heavy (non-hydrogen) atoms. The molecule has 24 nitrogen and oxygen atoms in total. The molecule has 0 spiro atoms. The van der Waals surface area contributed by atoms with Gasteiger partial charge in [0.25, 0.3) is 40.5 Å². The van der Waals surface area contributed by atoms with E-state index in [1.807, 2.05) is 0 Å². The summed E-state index contributed by atoms with van der Waals surface area (Å²) >= 11 is 0. The van der Waals surface area contributed by atoms with Crippen molar-refractivity contribution in [3.8, 4) is 0 Å². The van der Waals surface area contributed by atoms with Gasteiger partial charge in [-0.2, -0.15) is 74.3 Å². The van der Waals surface area contributed by atoms with Crippen LogP contribution in [0.2, 0.25) is 0 Å². The lowest BCUT2D eigenvalue weighted by molar-refractivity contribution is -0.233. The Labute approximate surface area is 372 Å². The lowest BCUT2D eigenvalue weighted by Crippen LogP contribution is -2.14. The van der Waals surface area contributed by atoms with Crippen molar-refractivity contribution in [1.29, 1.82) is 0 Å². The predicted octanol–water partition coefficient (Wildman–Crippen LogP) is 5.92. The SMILES string of the molecule is COS(=O)(=O)c1cc(N=Nc2ccc(Nc3nc(Cc4ccc(N=Nc5cc(CS(=O)(=O)O)cc(CS(=O)(=O)O)c5)cc4C)nc(NCCC(=O)OO)n3)c(C)c2)cc(S(=O)(=O)OC)c1. The van der Waals surface area contributed by atoms with E-state index < -0.39 is 67.7 Å². The van der Waals surface area contributed by atoms with Gasteiger partial charge in [0, 0.05) is 18.7 Å². The van der Waals surface area contributed by atoms with E-state index in [1.165, 1.54) is 18.2 Å². The number of carbonyl (C=O) groups excluding carboxylic acids is 1. The van der Waals surface area contributed by atoms with Crippen LogP contribution < -0.4 is 10.6 Å². The fourth-order valence-corrected chi connectivity index (χ4v) is 8.46. The number of aromatic nitrogens is 3. The first kappa shape index (κ1) is 49.8. The van der Waals surface area contributed by atoms with Gasteiger partial charge < -0.3 is 15.5 Å². The highest BCUT2D eigenvalue weighted by Gasteiger charge is 2.22. The highest BCUT2D eigenvalue weighted by atomic mass is 32.2. The van der Waals surface area contributed by atoms with Crippen molar-refractivity contribution in [2.75, 3.05) is 31.4 Å². The molecule has 346 valence electrons. The molecule has 0 bridgehead atoms. The Balaban J connectivity index is 1.39. The highest BCUT2D eigenvalue weighted by molar-refractivity contribution is 7.87. The molecule has 0 fully saturated rings. The second-order valence-electron chi connectivity index (χ2n) is 13.7. The predicted molar refractivity (Wildman–Crippen MR) is 230 cm³/mol. The van der Waals surface area contributed by atoms with Crippen molar-refractivity contribution >= 4 is 86.8 Å². The summed E-state index contributed by atoms with van der Waals surface area (Å²) in [6, 6.07) is 16.6. The summed E-state index contributed by atoms with van der Waals surface area (Å²) in [7, 11) is -15.8. The summed E-state index contributed by atoms with van der Waals surface area (Å²) in [6.07, 6.45) is -0.0731. The van der Waals surface area contributed by atoms with Gasteiger partial charge in [-0.25, -0.2) is 4.79 Å².